The van der Waals surface area contributed by atoms with Crippen molar-refractivity contribution < 1.29 is 13.2 Å². The quantitative estimate of drug-likeness (QED) is 0.445. The summed E-state index contributed by atoms with van der Waals surface area (Å²) in [6.07, 6.45) is 1.32. The smallest absolute Gasteiger partial charge is 0.257 e. The Morgan fingerprint density at radius 3 is 2.63 bits per heavy atom. The highest BCUT2D eigenvalue weighted by Crippen LogP contribution is 2.25. The van der Waals surface area contributed by atoms with Crippen LogP contribution < -0.4 is 10.3 Å². The number of aromatic nitrogens is 1. The van der Waals surface area contributed by atoms with Crippen molar-refractivity contribution in [1.82, 2.24) is 15.2 Å². The van der Waals surface area contributed by atoms with E-state index in [1.807, 2.05) is 45.0 Å². The van der Waals surface area contributed by atoms with E-state index in [2.05, 4.69) is 15.2 Å². The molecule has 2 aromatic carbocycles. The zero-order chi connectivity index (χ0) is 21.9. The summed E-state index contributed by atoms with van der Waals surface area (Å²) < 4.78 is 25.7. The van der Waals surface area contributed by atoms with Gasteiger partial charge in [0.15, 0.2) is 0 Å². The lowest BCUT2D eigenvalue weighted by molar-refractivity contribution is -0.121. The van der Waals surface area contributed by atoms with Crippen molar-refractivity contribution in [3.05, 3.63) is 64.3 Å². The highest BCUT2D eigenvalue weighted by Gasteiger charge is 2.20. The van der Waals surface area contributed by atoms with Gasteiger partial charge in [0.1, 0.15) is 0 Å². The number of hydrazine groups is 1. The van der Waals surface area contributed by atoms with Crippen LogP contribution >= 0.6 is 11.6 Å². The van der Waals surface area contributed by atoms with Crippen molar-refractivity contribution >= 4 is 38.4 Å². The third-order valence-corrected chi connectivity index (χ3v) is 6.38. The minimum absolute atomic E-state index is 0.0846. The van der Waals surface area contributed by atoms with Gasteiger partial charge in [-0.25, -0.2) is 8.42 Å². The van der Waals surface area contributed by atoms with Gasteiger partial charge >= 0.3 is 0 Å². The molecule has 0 fully saturated rings. The first-order valence-corrected chi connectivity index (χ1v) is 11.7. The number of carbonyl (C=O) groups is 1. The van der Waals surface area contributed by atoms with E-state index in [4.69, 9.17) is 11.6 Å². The molecule has 1 heterocycles. The molecule has 0 saturated heterocycles. The number of nitrogens with one attached hydrogen (secondary N) is 3. The van der Waals surface area contributed by atoms with Gasteiger partial charge in [-0.1, -0.05) is 31.5 Å². The molecule has 3 rings (SSSR count). The number of benzene rings is 2. The van der Waals surface area contributed by atoms with E-state index in [1.165, 1.54) is 12.1 Å². The Labute approximate surface area is 182 Å². The lowest BCUT2D eigenvalue weighted by Crippen LogP contribution is -2.41. The number of amides is 1. The molecule has 0 bridgehead atoms. The van der Waals surface area contributed by atoms with Gasteiger partial charge < -0.3 is 4.98 Å². The topological polar surface area (TPSA) is 91.1 Å². The number of H-pyrrole nitrogens is 1. The molecule has 30 heavy (non-hydrogen) atoms. The Bertz CT molecular complexity index is 1170. The van der Waals surface area contributed by atoms with Crippen LogP contribution in [0.5, 0.6) is 0 Å². The molecule has 1 aromatic heterocycles. The van der Waals surface area contributed by atoms with Crippen LogP contribution in [-0.4, -0.2) is 19.3 Å². The van der Waals surface area contributed by atoms with Crippen LogP contribution in [0.3, 0.4) is 0 Å². The molecule has 3 aromatic rings. The van der Waals surface area contributed by atoms with E-state index in [-0.39, 0.29) is 17.2 Å². The fourth-order valence-corrected chi connectivity index (χ4v) is 4.54. The molecule has 0 unspecified atom stereocenters. The van der Waals surface area contributed by atoms with E-state index >= 15 is 0 Å². The molecule has 0 spiro atoms. The van der Waals surface area contributed by atoms with Crippen LogP contribution in [0.4, 0.5) is 0 Å². The fourth-order valence-electron chi connectivity index (χ4n) is 3.27. The Balaban J connectivity index is 1.82. The minimum Gasteiger partial charge on any atom is -0.359 e. The van der Waals surface area contributed by atoms with Crippen LogP contribution in [0.2, 0.25) is 5.02 Å². The van der Waals surface area contributed by atoms with Crippen LogP contribution in [0, 0.1) is 12.8 Å². The third-order valence-electron chi connectivity index (χ3n) is 4.80. The van der Waals surface area contributed by atoms with Gasteiger partial charge in [-0.3, -0.25) is 10.2 Å². The summed E-state index contributed by atoms with van der Waals surface area (Å²) in [7, 11) is -3.95. The number of aryl methyl sites for hydroxylation is 1. The number of aromatic amines is 1. The summed E-state index contributed by atoms with van der Waals surface area (Å²) >= 11 is 6.14. The maximum atomic E-state index is 12.8. The van der Waals surface area contributed by atoms with Gasteiger partial charge in [-0.05, 0) is 78.6 Å². The van der Waals surface area contributed by atoms with Crippen molar-refractivity contribution in [3.63, 3.8) is 0 Å². The highest BCUT2D eigenvalue weighted by atomic mass is 35.5. The van der Waals surface area contributed by atoms with Crippen LogP contribution in [0.25, 0.3) is 10.9 Å². The molecule has 8 heteroatoms. The van der Waals surface area contributed by atoms with E-state index in [9.17, 15) is 13.2 Å². The number of sulfonamides is 1. The monoisotopic (exact) mass is 447 g/mol. The molecular formula is C22H26ClN3O3S. The van der Waals surface area contributed by atoms with Gasteiger partial charge in [0.2, 0.25) is 5.91 Å². The maximum Gasteiger partial charge on any atom is 0.257 e. The van der Waals surface area contributed by atoms with Gasteiger partial charge in [0, 0.05) is 22.7 Å². The van der Waals surface area contributed by atoms with Gasteiger partial charge in [-0.2, -0.15) is 0 Å². The first-order valence-electron chi connectivity index (χ1n) is 9.81. The first-order chi connectivity index (χ1) is 14.1. The largest absolute Gasteiger partial charge is 0.359 e. The number of hydrogen-bond acceptors (Lipinski definition) is 3. The normalized spacial score (nSPS) is 11.9. The zero-order valence-corrected chi connectivity index (χ0v) is 18.8. The zero-order valence-electron chi connectivity index (χ0n) is 17.3. The number of fused-ring (bicyclic) bond motifs is 1. The molecule has 0 aliphatic rings. The maximum absolute atomic E-state index is 12.8. The molecule has 0 saturated carbocycles. The second-order valence-electron chi connectivity index (χ2n) is 7.89. The molecular weight excluding hydrogens is 422 g/mol. The Morgan fingerprint density at radius 1 is 1.13 bits per heavy atom. The Morgan fingerprint density at radius 2 is 1.90 bits per heavy atom. The van der Waals surface area contributed by atoms with Gasteiger partial charge in [0.05, 0.1) is 4.90 Å². The second-order valence-corrected chi connectivity index (χ2v) is 9.98. The molecule has 0 aliphatic heterocycles. The molecule has 1 amide bonds. The predicted octanol–water partition coefficient (Wildman–Crippen LogP) is 4.47. The summed E-state index contributed by atoms with van der Waals surface area (Å²) in [5.74, 6) is -0.00699. The van der Waals surface area contributed by atoms with Crippen molar-refractivity contribution in [2.24, 2.45) is 5.92 Å². The average Bonchev–Trinajstić information content (AvgIpc) is 3.04. The Kier molecular flexibility index (Phi) is 6.85. The van der Waals surface area contributed by atoms with Crippen molar-refractivity contribution in [1.29, 1.82) is 0 Å². The summed E-state index contributed by atoms with van der Waals surface area (Å²) in [5.41, 5.74) is 5.90. The summed E-state index contributed by atoms with van der Waals surface area (Å²) in [5, 5.41) is 1.51. The SMILES string of the molecule is Cc1cc2cc(Cc3cc(Cl)ccc3S(=O)(=O)NNC(=O)CCC(C)C)ccc2[nH]1. The summed E-state index contributed by atoms with van der Waals surface area (Å²) in [4.78, 5) is 17.5. The number of carbonyl (C=O) groups excluding carboxylic acids is 1. The molecule has 160 valence electrons. The number of hydrogen-bond donors (Lipinski definition) is 3. The van der Waals surface area contributed by atoms with Crippen LogP contribution in [0.15, 0.2) is 47.4 Å². The predicted molar refractivity (Wildman–Crippen MR) is 120 cm³/mol. The average molecular weight is 448 g/mol. The molecule has 0 aliphatic carbocycles. The van der Waals surface area contributed by atoms with E-state index < -0.39 is 10.0 Å². The lowest BCUT2D eigenvalue weighted by atomic mass is 10.0. The lowest BCUT2D eigenvalue weighted by Gasteiger charge is -2.13. The molecule has 3 N–H and O–H groups in total. The van der Waals surface area contributed by atoms with Gasteiger partial charge in [-0.15, -0.1) is 4.83 Å². The van der Waals surface area contributed by atoms with Gasteiger partial charge in [0.25, 0.3) is 10.0 Å². The second kappa shape index (κ2) is 9.20. The third kappa shape index (κ3) is 5.62. The Hall–Kier alpha value is -2.35. The van der Waals surface area contributed by atoms with Crippen molar-refractivity contribution in [2.75, 3.05) is 0 Å². The van der Waals surface area contributed by atoms with Crippen molar-refractivity contribution in [3.8, 4) is 0 Å². The standard InChI is InChI=1S/C22H26ClN3O3S/c1-14(2)4-9-22(27)25-26-30(28,29)21-8-6-19(23)13-18(21)12-16-5-7-20-17(11-16)10-15(3)24-20/h5-8,10-11,13-14,24,26H,4,9,12H2,1-3H3,(H,25,27). The minimum atomic E-state index is -3.95. The molecule has 0 atom stereocenters. The first kappa shape index (κ1) is 22.3. The van der Waals surface area contributed by atoms with E-state index in [0.717, 1.165) is 22.2 Å². The van der Waals surface area contributed by atoms with E-state index in [1.54, 1.807) is 6.07 Å². The number of halogens is 1. The highest BCUT2D eigenvalue weighted by molar-refractivity contribution is 7.89. The summed E-state index contributed by atoms with van der Waals surface area (Å²) in [6, 6.07) is 12.6. The number of rotatable bonds is 8. The fraction of sp³-hybridized carbons (Fsp3) is 0.318. The van der Waals surface area contributed by atoms with Crippen LogP contribution in [-0.2, 0) is 21.2 Å². The summed E-state index contributed by atoms with van der Waals surface area (Å²) in [6.45, 7) is 6.00. The van der Waals surface area contributed by atoms with E-state index in [0.29, 0.717) is 29.3 Å². The van der Waals surface area contributed by atoms with Crippen molar-refractivity contribution in [2.45, 2.75) is 44.9 Å². The molecule has 0 radical (unpaired) electrons. The van der Waals surface area contributed by atoms with Crippen LogP contribution in [0.1, 0.15) is 43.5 Å². The molecule has 6 nitrogen and oxygen atoms in total.